The molecule has 30 heavy (non-hydrogen) atoms. The van der Waals surface area contributed by atoms with Crippen LogP contribution in [0.25, 0.3) is 0 Å². The van der Waals surface area contributed by atoms with Gasteiger partial charge in [-0.15, -0.1) is 0 Å². The highest BCUT2D eigenvalue weighted by Gasteiger charge is 2.22. The van der Waals surface area contributed by atoms with Gasteiger partial charge in [-0.1, -0.05) is 0 Å². The molecule has 1 aliphatic heterocycles. The van der Waals surface area contributed by atoms with Crippen LogP contribution in [-0.2, 0) is 11.3 Å². The summed E-state index contributed by atoms with van der Waals surface area (Å²) in [5.74, 6) is -0.780. The van der Waals surface area contributed by atoms with Crippen LogP contribution in [0.3, 0.4) is 0 Å². The van der Waals surface area contributed by atoms with Gasteiger partial charge in [0.2, 0.25) is 0 Å². The number of anilines is 1. The zero-order valence-electron chi connectivity index (χ0n) is 17.6. The minimum absolute atomic E-state index is 0.120. The van der Waals surface area contributed by atoms with Gasteiger partial charge in [-0.25, -0.2) is 9.07 Å². The number of hydrogen-bond donors (Lipinski definition) is 1. The van der Waals surface area contributed by atoms with Gasteiger partial charge < -0.3 is 19.9 Å². The molecule has 1 aliphatic rings. The van der Waals surface area contributed by atoms with E-state index in [-0.39, 0.29) is 23.6 Å². The Labute approximate surface area is 175 Å². The Balaban J connectivity index is 1.79. The van der Waals surface area contributed by atoms with E-state index in [0.717, 1.165) is 31.9 Å². The zero-order valence-corrected chi connectivity index (χ0v) is 17.6. The number of hydrogen-bond acceptors (Lipinski definition) is 6. The summed E-state index contributed by atoms with van der Waals surface area (Å²) in [6.07, 6.45) is 0. The highest BCUT2D eigenvalue weighted by Crippen LogP contribution is 2.28. The Morgan fingerprint density at radius 1 is 1.23 bits per heavy atom. The van der Waals surface area contributed by atoms with Crippen molar-refractivity contribution in [1.29, 1.82) is 0 Å². The molecule has 1 N–H and O–H groups in total. The van der Waals surface area contributed by atoms with Crippen molar-refractivity contribution < 1.29 is 13.9 Å². The molecule has 9 heteroatoms. The van der Waals surface area contributed by atoms with Crippen molar-refractivity contribution in [1.82, 2.24) is 20.0 Å². The van der Waals surface area contributed by atoms with Crippen LogP contribution in [0.15, 0.2) is 35.1 Å². The second-order valence-electron chi connectivity index (χ2n) is 7.46. The molecule has 2 aromatic rings. The first-order valence-electron chi connectivity index (χ1n) is 10.00. The van der Waals surface area contributed by atoms with Crippen LogP contribution in [0.5, 0.6) is 0 Å². The number of carbonyl (C=O) groups is 1. The predicted molar refractivity (Wildman–Crippen MR) is 112 cm³/mol. The normalized spacial score (nSPS) is 15.8. The van der Waals surface area contributed by atoms with Gasteiger partial charge in [0.1, 0.15) is 11.5 Å². The lowest BCUT2D eigenvalue weighted by molar-refractivity contribution is 0.0931. The molecule has 1 unspecified atom stereocenters. The second-order valence-corrected chi connectivity index (χ2v) is 7.46. The number of nitrogens with one attached hydrogen (secondary N) is 1. The predicted octanol–water partition coefficient (Wildman–Crippen LogP) is 1.27. The number of carbonyl (C=O) groups excluding carboxylic acids is 1. The molecule has 1 saturated heterocycles. The van der Waals surface area contributed by atoms with E-state index in [1.807, 2.05) is 6.92 Å². The summed E-state index contributed by atoms with van der Waals surface area (Å²) >= 11 is 0. The van der Waals surface area contributed by atoms with Gasteiger partial charge in [-0.05, 0) is 38.2 Å². The number of ether oxygens (including phenoxy) is 1. The van der Waals surface area contributed by atoms with Crippen molar-refractivity contribution >= 4 is 11.6 Å². The molecular formula is C21H28FN5O3. The number of piperazine rings is 1. The number of aromatic nitrogens is 2. The van der Waals surface area contributed by atoms with Gasteiger partial charge in [-0.3, -0.25) is 9.59 Å². The number of rotatable bonds is 7. The molecule has 1 aromatic heterocycles. The van der Waals surface area contributed by atoms with Gasteiger partial charge in [0, 0.05) is 50.6 Å². The monoisotopic (exact) mass is 417 g/mol. The van der Waals surface area contributed by atoms with Gasteiger partial charge in [-0.2, -0.15) is 5.10 Å². The van der Waals surface area contributed by atoms with Gasteiger partial charge in [0.15, 0.2) is 0 Å². The highest BCUT2D eigenvalue weighted by atomic mass is 19.1. The Kier molecular flexibility index (Phi) is 7.17. The maximum atomic E-state index is 14.0. The third-order valence-corrected chi connectivity index (χ3v) is 5.25. The van der Waals surface area contributed by atoms with E-state index in [1.54, 1.807) is 6.07 Å². The number of benzene rings is 1. The van der Waals surface area contributed by atoms with E-state index in [9.17, 15) is 14.0 Å². The minimum atomic E-state index is -0.441. The number of methoxy groups -OCH3 is 1. The first-order valence-corrected chi connectivity index (χ1v) is 10.00. The molecular weight excluding hydrogens is 389 g/mol. The van der Waals surface area contributed by atoms with Crippen LogP contribution < -0.4 is 15.8 Å². The second kappa shape index (κ2) is 9.82. The molecule has 1 atom stereocenters. The molecule has 1 amide bonds. The average molecular weight is 417 g/mol. The fourth-order valence-electron chi connectivity index (χ4n) is 3.46. The van der Waals surface area contributed by atoms with Crippen molar-refractivity contribution in [3.63, 3.8) is 0 Å². The summed E-state index contributed by atoms with van der Waals surface area (Å²) in [4.78, 5) is 29.1. The molecule has 0 bridgehead atoms. The Hall–Kier alpha value is -2.78. The standard InChI is InChI=1S/C21H28FN5O3/c1-15(23-21(29)18-5-7-20(28)27(24-18)12-13-30-3)17-14-16(22)4-6-19(17)26-10-8-25(2)9-11-26/h4-7,14-15H,8-13H2,1-3H3,(H,23,29). The van der Waals surface area contributed by atoms with Crippen molar-refractivity contribution in [3.05, 3.63) is 57.8 Å². The molecule has 0 aliphatic carbocycles. The lowest BCUT2D eigenvalue weighted by atomic mass is 10.0. The van der Waals surface area contributed by atoms with E-state index >= 15 is 0 Å². The quantitative estimate of drug-likeness (QED) is 0.731. The SMILES string of the molecule is COCCn1nc(C(=O)NC(C)c2cc(F)ccc2N2CCN(C)CC2)ccc1=O. The smallest absolute Gasteiger partial charge is 0.272 e. The van der Waals surface area contributed by atoms with Crippen molar-refractivity contribution in [2.45, 2.75) is 19.5 Å². The fraction of sp³-hybridized carbons (Fsp3) is 0.476. The Morgan fingerprint density at radius 3 is 2.67 bits per heavy atom. The molecule has 2 heterocycles. The fourth-order valence-corrected chi connectivity index (χ4v) is 3.46. The minimum Gasteiger partial charge on any atom is -0.383 e. The van der Waals surface area contributed by atoms with E-state index in [4.69, 9.17) is 4.74 Å². The molecule has 8 nitrogen and oxygen atoms in total. The summed E-state index contributed by atoms with van der Waals surface area (Å²) in [5.41, 5.74) is 1.44. The molecule has 3 rings (SSSR count). The Bertz CT molecular complexity index is 940. The lowest BCUT2D eigenvalue weighted by Crippen LogP contribution is -2.45. The third kappa shape index (κ3) is 5.22. The summed E-state index contributed by atoms with van der Waals surface area (Å²) in [6, 6.07) is 6.93. The lowest BCUT2D eigenvalue weighted by Gasteiger charge is -2.36. The molecule has 0 radical (unpaired) electrons. The summed E-state index contributed by atoms with van der Waals surface area (Å²) in [6.45, 7) is 5.89. The van der Waals surface area contributed by atoms with Gasteiger partial charge in [0.25, 0.3) is 11.5 Å². The van der Waals surface area contributed by atoms with Crippen molar-refractivity contribution in [2.75, 3.05) is 51.8 Å². The number of amides is 1. The Morgan fingerprint density at radius 2 is 1.97 bits per heavy atom. The highest BCUT2D eigenvalue weighted by molar-refractivity contribution is 5.92. The molecule has 1 fully saturated rings. The maximum Gasteiger partial charge on any atom is 0.272 e. The molecule has 1 aromatic carbocycles. The zero-order chi connectivity index (χ0) is 21.7. The van der Waals surface area contributed by atoms with E-state index in [1.165, 1.54) is 36.1 Å². The van der Waals surface area contributed by atoms with Crippen molar-refractivity contribution in [3.8, 4) is 0 Å². The van der Waals surface area contributed by atoms with Crippen LogP contribution in [0.1, 0.15) is 29.0 Å². The first-order chi connectivity index (χ1) is 14.4. The van der Waals surface area contributed by atoms with Crippen LogP contribution in [0.2, 0.25) is 0 Å². The van der Waals surface area contributed by atoms with Gasteiger partial charge >= 0.3 is 0 Å². The van der Waals surface area contributed by atoms with Crippen LogP contribution >= 0.6 is 0 Å². The molecule has 162 valence electrons. The largest absolute Gasteiger partial charge is 0.383 e. The van der Waals surface area contributed by atoms with E-state index < -0.39 is 11.9 Å². The molecule has 0 spiro atoms. The average Bonchev–Trinajstić information content (AvgIpc) is 2.73. The van der Waals surface area contributed by atoms with Crippen LogP contribution in [0.4, 0.5) is 10.1 Å². The summed E-state index contributed by atoms with van der Waals surface area (Å²) in [5, 5.41) is 7.00. The number of likely N-dealkylation sites (N-methyl/N-ethyl adjacent to an activating group) is 1. The van der Waals surface area contributed by atoms with E-state index in [2.05, 4.69) is 27.3 Å². The van der Waals surface area contributed by atoms with E-state index in [0.29, 0.717) is 12.2 Å². The maximum absolute atomic E-state index is 14.0. The molecule has 0 saturated carbocycles. The third-order valence-electron chi connectivity index (χ3n) is 5.25. The number of halogens is 1. The van der Waals surface area contributed by atoms with Crippen molar-refractivity contribution in [2.24, 2.45) is 0 Å². The van der Waals surface area contributed by atoms with Gasteiger partial charge in [0.05, 0.1) is 19.2 Å². The summed E-state index contributed by atoms with van der Waals surface area (Å²) in [7, 11) is 3.60. The number of nitrogens with zero attached hydrogens (tertiary/aromatic N) is 4. The summed E-state index contributed by atoms with van der Waals surface area (Å²) < 4.78 is 20.2. The topological polar surface area (TPSA) is 79.7 Å². The van der Waals surface area contributed by atoms with Crippen LogP contribution in [0, 0.1) is 5.82 Å². The first kappa shape index (κ1) is 21.9. The van der Waals surface area contributed by atoms with Crippen LogP contribution in [-0.4, -0.2) is 67.5 Å².